The van der Waals surface area contributed by atoms with Crippen LogP contribution in [0.5, 0.6) is 0 Å². The summed E-state index contributed by atoms with van der Waals surface area (Å²) in [6, 6.07) is 8.72. The molecule has 0 fully saturated rings. The zero-order valence-electron chi connectivity index (χ0n) is 11.8. The van der Waals surface area contributed by atoms with Crippen LogP contribution in [-0.2, 0) is 6.18 Å². The minimum atomic E-state index is -4.53. The van der Waals surface area contributed by atoms with E-state index in [-0.39, 0.29) is 15.8 Å². The van der Waals surface area contributed by atoms with Crippen LogP contribution in [0, 0.1) is 6.92 Å². The average molecular weight is 379 g/mol. The van der Waals surface area contributed by atoms with E-state index < -0.39 is 11.7 Å². The fraction of sp³-hybridized carbons (Fsp3) is 0.133. The third-order valence-corrected chi connectivity index (χ3v) is 3.90. The summed E-state index contributed by atoms with van der Waals surface area (Å²) in [5.74, 6) is 0. The number of thiocarbonyl (C=S) groups is 1. The molecule has 0 aromatic heterocycles. The van der Waals surface area contributed by atoms with Crippen molar-refractivity contribution < 1.29 is 13.2 Å². The van der Waals surface area contributed by atoms with Gasteiger partial charge >= 0.3 is 6.18 Å². The zero-order chi connectivity index (χ0) is 17.2. The van der Waals surface area contributed by atoms with Gasteiger partial charge in [0.1, 0.15) is 0 Å². The van der Waals surface area contributed by atoms with Gasteiger partial charge in [-0.2, -0.15) is 13.2 Å². The van der Waals surface area contributed by atoms with Gasteiger partial charge in [0.15, 0.2) is 5.11 Å². The lowest BCUT2D eigenvalue weighted by Crippen LogP contribution is -2.19. The fourth-order valence-electron chi connectivity index (χ4n) is 1.78. The van der Waals surface area contributed by atoms with Gasteiger partial charge in [-0.3, -0.25) is 0 Å². The van der Waals surface area contributed by atoms with Crippen molar-refractivity contribution in [3.05, 3.63) is 57.6 Å². The molecule has 8 heteroatoms. The molecule has 0 heterocycles. The van der Waals surface area contributed by atoms with E-state index in [1.165, 1.54) is 6.07 Å². The molecule has 2 N–H and O–H groups in total. The van der Waals surface area contributed by atoms with Crippen molar-refractivity contribution in [1.29, 1.82) is 0 Å². The van der Waals surface area contributed by atoms with Crippen LogP contribution in [0.3, 0.4) is 0 Å². The Balaban J connectivity index is 2.12. The first-order valence-corrected chi connectivity index (χ1v) is 7.54. The highest BCUT2D eigenvalue weighted by molar-refractivity contribution is 7.80. The summed E-state index contributed by atoms with van der Waals surface area (Å²) in [4.78, 5) is 0. The maximum atomic E-state index is 12.8. The molecule has 0 atom stereocenters. The van der Waals surface area contributed by atoms with E-state index in [1.807, 2.05) is 6.92 Å². The fourth-order valence-corrected chi connectivity index (χ4v) is 2.43. The second kappa shape index (κ2) is 6.95. The maximum absolute atomic E-state index is 12.8. The average Bonchev–Trinajstić information content (AvgIpc) is 2.44. The Hall–Kier alpha value is -1.50. The molecule has 0 amide bonds. The monoisotopic (exact) mass is 378 g/mol. The van der Waals surface area contributed by atoms with Crippen LogP contribution in [0.2, 0.25) is 10.0 Å². The summed E-state index contributed by atoms with van der Waals surface area (Å²) in [6.07, 6.45) is -4.53. The molecule has 0 saturated heterocycles. The first-order chi connectivity index (χ1) is 10.7. The standard InChI is InChI=1S/C15H11Cl2F3N2S/c1-8-2-3-10(7-13(8)17)22-14(23)21-9-4-5-12(16)11(6-9)15(18,19)20/h2-7H,1H3,(H2,21,22,23). The predicted molar refractivity (Wildman–Crippen MR) is 92.5 cm³/mol. The summed E-state index contributed by atoms with van der Waals surface area (Å²) < 4.78 is 38.5. The SMILES string of the molecule is Cc1ccc(NC(=S)Nc2ccc(Cl)c(C(F)(F)F)c2)cc1Cl. The highest BCUT2D eigenvalue weighted by atomic mass is 35.5. The van der Waals surface area contributed by atoms with Crippen LogP contribution >= 0.6 is 35.4 Å². The van der Waals surface area contributed by atoms with Crippen LogP contribution in [0.25, 0.3) is 0 Å². The molecule has 0 unspecified atom stereocenters. The van der Waals surface area contributed by atoms with Crippen molar-refractivity contribution in [2.45, 2.75) is 13.1 Å². The summed E-state index contributed by atoms with van der Waals surface area (Å²) in [5.41, 5.74) is 0.787. The third-order valence-electron chi connectivity index (χ3n) is 2.96. The lowest BCUT2D eigenvalue weighted by atomic mass is 10.2. The van der Waals surface area contributed by atoms with E-state index in [0.717, 1.165) is 17.7 Å². The summed E-state index contributed by atoms with van der Waals surface area (Å²) in [7, 11) is 0. The largest absolute Gasteiger partial charge is 0.417 e. The Morgan fingerprint density at radius 3 is 2.09 bits per heavy atom. The van der Waals surface area contributed by atoms with Gasteiger partial charge in [-0.05, 0) is 55.0 Å². The van der Waals surface area contributed by atoms with Crippen LogP contribution in [0.1, 0.15) is 11.1 Å². The normalized spacial score (nSPS) is 11.2. The first kappa shape index (κ1) is 17.8. The molecule has 2 rings (SSSR count). The molecular weight excluding hydrogens is 368 g/mol. The van der Waals surface area contributed by atoms with Crippen LogP contribution in [0.4, 0.5) is 24.5 Å². The van der Waals surface area contributed by atoms with Crippen molar-refractivity contribution in [1.82, 2.24) is 0 Å². The molecule has 0 spiro atoms. The molecular formula is C15H11Cl2F3N2S. The molecule has 0 aliphatic heterocycles. The molecule has 2 nitrogen and oxygen atoms in total. The second-order valence-electron chi connectivity index (χ2n) is 4.74. The molecule has 0 radical (unpaired) electrons. The summed E-state index contributed by atoms with van der Waals surface area (Å²) in [6.45, 7) is 1.86. The van der Waals surface area contributed by atoms with Gasteiger partial charge in [0.25, 0.3) is 0 Å². The van der Waals surface area contributed by atoms with Crippen molar-refractivity contribution >= 4 is 51.9 Å². The van der Waals surface area contributed by atoms with E-state index in [2.05, 4.69) is 10.6 Å². The van der Waals surface area contributed by atoms with Gasteiger partial charge in [0.05, 0.1) is 10.6 Å². The Morgan fingerprint density at radius 1 is 0.957 bits per heavy atom. The zero-order valence-corrected chi connectivity index (χ0v) is 14.1. The van der Waals surface area contributed by atoms with Gasteiger partial charge < -0.3 is 10.6 Å². The molecule has 0 aliphatic carbocycles. The molecule has 0 aliphatic rings. The smallest absolute Gasteiger partial charge is 0.332 e. The molecule has 2 aromatic carbocycles. The number of anilines is 2. The molecule has 0 bridgehead atoms. The molecule has 122 valence electrons. The van der Waals surface area contributed by atoms with Gasteiger partial charge in [-0.25, -0.2) is 0 Å². The van der Waals surface area contributed by atoms with E-state index >= 15 is 0 Å². The minimum Gasteiger partial charge on any atom is -0.332 e. The summed E-state index contributed by atoms with van der Waals surface area (Å²) >= 11 is 16.7. The van der Waals surface area contributed by atoms with Gasteiger partial charge in [-0.1, -0.05) is 29.3 Å². The maximum Gasteiger partial charge on any atom is 0.417 e. The highest BCUT2D eigenvalue weighted by Gasteiger charge is 2.33. The van der Waals surface area contributed by atoms with E-state index in [4.69, 9.17) is 35.4 Å². The lowest BCUT2D eigenvalue weighted by Gasteiger charge is -2.14. The van der Waals surface area contributed by atoms with E-state index in [1.54, 1.807) is 18.2 Å². The second-order valence-corrected chi connectivity index (χ2v) is 5.96. The first-order valence-electron chi connectivity index (χ1n) is 6.38. The Morgan fingerprint density at radius 2 is 1.52 bits per heavy atom. The van der Waals surface area contributed by atoms with Crippen LogP contribution in [-0.4, -0.2) is 5.11 Å². The number of benzene rings is 2. The number of hydrogen-bond acceptors (Lipinski definition) is 1. The Bertz CT molecular complexity index is 748. The number of nitrogens with one attached hydrogen (secondary N) is 2. The highest BCUT2D eigenvalue weighted by Crippen LogP contribution is 2.36. The molecule has 0 saturated carbocycles. The molecule has 2 aromatic rings. The number of hydrogen-bond donors (Lipinski definition) is 2. The van der Waals surface area contributed by atoms with Crippen molar-refractivity contribution in [2.24, 2.45) is 0 Å². The van der Waals surface area contributed by atoms with Gasteiger partial charge in [0.2, 0.25) is 0 Å². The van der Waals surface area contributed by atoms with Crippen molar-refractivity contribution in [2.75, 3.05) is 10.6 Å². The Kier molecular flexibility index (Phi) is 5.39. The van der Waals surface area contributed by atoms with Crippen LogP contribution in [0.15, 0.2) is 36.4 Å². The van der Waals surface area contributed by atoms with Crippen molar-refractivity contribution in [3.63, 3.8) is 0 Å². The third kappa shape index (κ3) is 4.73. The number of aryl methyl sites for hydroxylation is 1. The minimum absolute atomic E-state index is 0.139. The predicted octanol–water partition coefficient (Wildman–Crippen LogP) is 6.13. The van der Waals surface area contributed by atoms with E-state index in [9.17, 15) is 13.2 Å². The van der Waals surface area contributed by atoms with E-state index in [0.29, 0.717) is 10.7 Å². The Labute approximate surface area is 146 Å². The quantitative estimate of drug-likeness (QED) is 0.614. The van der Waals surface area contributed by atoms with Crippen LogP contribution < -0.4 is 10.6 Å². The molecule has 23 heavy (non-hydrogen) atoms. The number of alkyl halides is 3. The number of halogens is 5. The van der Waals surface area contributed by atoms with Gasteiger partial charge in [0, 0.05) is 16.4 Å². The topological polar surface area (TPSA) is 24.1 Å². The van der Waals surface area contributed by atoms with Crippen molar-refractivity contribution in [3.8, 4) is 0 Å². The van der Waals surface area contributed by atoms with Gasteiger partial charge in [-0.15, -0.1) is 0 Å². The summed E-state index contributed by atoms with van der Waals surface area (Å²) in [5, 5.41) is 5.87. The lowest BCUT2D eigenvalue weighted by molar-refractivity contribution is -0.137. The number of rotatable bonds is 2.